The van der Waals surface area contributed by atoms with E-state index in [2.05, 4.69) is 12.4 Å². The van der Waals surface area contributed by atoms with Crippen molar-refractivity contribution in [2.45, 2.75) is 57.4 Å². The van der Waals surface area contributed by atoms with Gasteiger partial charge in [0.2, 0.25) is 0 Å². The molecule has 0 aromatic heterocycles. The largest absolute Gasteiger partial charge is 0.317 e. The van der Waals surface area contributed by atoms with Crippen LogP contribution < -0.4 is 5.32 Å². The smallest absolute Gasteiger partial charge is 0.00693 e. The van der Waals surface area contributed by atoms with E-state index in [9.17, 15) is 0 Å². The van der Waals surface area contributed by atoms with Crippen LogP contribution in [0.1, 0.15) is 51.4 Å². The second-order valence-electron chi connectivity index (χ2n) is 5.05. The van der Waals surface area contributed by atoms with Gasteiger partial charge in [-0.15, -0.1) is 0 Å². The Hall–Kier alpha value is -0.0400. The Labute approximate surface area is 82.3 Å². The van der Waals surface area contributed by atoms with Gasteiger partial charge in [0.25, 0.3) is 0 Å². The fourth-order valence-corrected chi connectivity index (χ4v) is 3.29. The minimum absolute atomic E-state index is 0.829. The zero-order valence-electron chi connectivity index (χ0n) is 8.89. The van der Waals surface area contributed by atoms with Gasteiger partial charge in [-0.05, 0) is 31.7 Å². The summed E-state index contributed by atoms with van der Waals surface area (Å²) in [5.74, 6) is 2.08. The predicted molar refractivity (Wildman–Crippen MR) is 56.8 cm³/mol. The molecule has 3 rings (SSSR count). The summed E-state index contributed by atoms with van der Waals surface area (Å²) in [5, 5.41) is 3.50. The first-order valence-corrected chi connectivity index (χ1v) is 6.05. The van der Waals surface area contributed by atoms with Gasteiger partial charge in [0, 0.05) is 6.04 Å². The van der Waals surface area contributed by atoms with Gasteiger partial charge in [0.05, 0.1) is 0 Å². The molecule has 0 aromatic rings. The Kier molecular flexibility index (Phi) is 3.26. The van der Waals surface area contributed by atoms with Crippen LogP contribution in [0.4, 0.5) is 0 Å². The van der Waals surface area contributed by atoms with Gasteiger partial charge in [-0.2, -0.15) is 0 Å². The summed E-state index contributed by atoms with van der Waals surface area (Å²) >= 11 is 0. The van der Waals surface area contributed by atoms with Crippen molar-refractivity contribution in [3.05, 3.63) is 0 Å². The van der Waals surface area contributed by atoms with Crippen LogP contribution in [0.3, 0.4) is 0 Å². The molecule has 0 atom stereocenters. The third-order valence-electron chi connectivity index (χ3n) is 4.09. The highest BCUT2D eigenvalue weighted by molar-refractivity contribution is 4.81. The fraction of sp³-hybridized carbons (Fsp3) is 1.00. The molecule has 1 N–H and O–H groups in total. The topological polar surface area (TPSA) is 12.0 Å². The van der Waals surface area contributed by atoms with Crippen LogP contribution in [0.5, 0.6) is 0 Å². The molecule has 3 fully saturated rings. The summed E-state index contributed by atoms with van der Waals surface area (Å²) in [6.07, 6.45) is 11.9. The molecular formula is C12H23N. The van der Waals surface area contributed by atoms with E-state index in [1.54, 1.807) is 0 Å². The van der Waals surface area contributed by atoms with E-state index in [4.69, 9.17) is 0 Å². The van der Waals surface area contributed by atoms with Gasteiger partial charge in [-0.3, -0.25) is 0 Å². The van der Waals surface area contributed by atoms with Gasteiger partial charge in [0.15, 0.2) is 0 Å². The molecule has 0 aromatic carbocycles. The molecular weight excluding hydrogens is 158 g/mol. The van der Waals surface area contributed by atoms with E-state index in [0.29, 0.717) is 0 Å². The zero-order valence-corrected chi connectivity index (χ0v) is 8.89. The van der Waals surface area contributed by atoms with Crippen molar-refractivity contribution in [2.75, 3.05) is 7.05 Å². The van der Waals surface area contributed by atoms with E-state index in [-0.39, 0.29) is 0 Å². The summed E-state index contributed by atoms with van der Waals surface area (Å²) in [6.45, 7) is 0. The average molecular weight is 181 g/mol. The van der Waals surface area contributed by atoms with Crippen molar-refractivity contribution in [3.8, 4) is 0 Å². The minimum atomic E-state index is 0.829. The first-order chi connectivity index (χ1) is 6.38. The standard InChI is InChI=1S/C12H23N/c1-13-12-8-10-4-2-5-11(9-12)7-3-6-10/h10-13H,2-9H2,1H3. The van der Waals surface area contributed by atoms with Crippen LogP contribution in [0.15, 0.2) is 0 Å². The van der Waals surface area contributed by atoms with Crippen molar-refractivity contribution < 1.29 is 0 Å². The molecule has 0 saturated heterocycles. The third-order valence-corrected chi connectivity index (χ3v) is 4.09. The lowest BCUT2D eigenvalue weighted by molar-refractivity contribution is 0.212. The van der Waals surface area contributed by atoms with Crippen LogP contribution in [-0.4, -0.2) is 13.1 Å². The van der Waals surface area contributed by atoms with Crippen LogP contribution in [0, 0.1) is 11.8 Å². The maximum atomic E-state index is 3.50. The Bertz CT molecular complexity index is 131. The third kappa shape index (κ3) is 2.46. The van der Waals surface area contributed by atoms with Crippen molar-refractivity contribution >= 4 is 0 Å². The molecule has 2 bridgehead atoms. The lowest BCUT2D eigenvalue weighted by Crippen LogP contribution is -2.33. The number of rotatable bonds is 1. The van der Waals surface area contributed by atoms with E-state index >= 15 is 0 Å². The highest BCUT2D eigenvalue weighted by Gasteiger charge is 2.25. The Balaban J connectivity index is 2.00. The predicted octanol–water partition coefficient (Wildman–Crippen LogP) is 2.95. The summed E-state index contributed by atoms with van der Waals surface area (Å²) in [4.78, 5) is 0. The van der Waals surface area contributed by atoms with Crippen LogP contribution in [-0.2, 0) is 0 Å². The molecule has 0 heterocycles. The van der Waals surface area contributed by atoms with E-state index in [1.807, 2.05) is 0 Å². The first-order valence-electron chi connectivity index (χ1n) is 6.05. The van der Waals surface area contributed by atoms with Gasteiger partial charge >= 0.3 is 0 Å². The van der Waals surface area contributed by atoms with Crippen LogP contribution in [0.25, 0.3) is 0 Å². The molecule has 0 aliphatic heterocycles. The highest BCUT2D eigenvalue weighted by Crippen LogP contribution is 2.35. The minimum Gasteiger partial charge on any atom is -0.317 e. The highest BCUT2D eigenvalue weighted by atomic mass is 14.9. The van der Waals surface area contributed by atoms with Gasteiger partial charge in [0.1, 0.15) is 0 Å². The van der Waals surface area contributed by atoms with Crippen molar-refractivity contribution in [2.24, 2.45) is 11.8 Å². The van der Waals surface area contributed by atoms with E-state index in [0.717, 1.165) is 17.9 Å². The van der Waals surface area contributed by atoms with E-state index < -0.39 is 0 Å². The van der Waals surface area contributed by atoms with Gasteiger partial charge in [-0.1, -0.05) is 38.5 Å². The summed E-state index contributed by atoms with van der Waals surface area (Å²) in [7, 11) is 2.14. The quantitative estimate of drug-likeness (QED) is 0.656. The van der Waals surface area contributed by atoms with E-state index in [1.165, 1.54) is 51.4 Å². The lowest BCUT2D eigenvalue weighted by Gasteiger charge is -2.34. The summed E-state index contributed by atoms with van der Waals surface area (Å²) in [5.41, 5.74) is 0. The first kappa shape index (κ1) is 9.51. The molecule has 0 radical (unpaired) electrons. The average Bonchev–Trinajstić information content (AvgIpc) is 2.00. The molecule has 3 aliphatic rings. The monoisotopic (exact) mass is 181 g/mol. The molecule has 3 saturated carbocycles. The Morgan fingerprint density at radius 2 is 1.31 bits per heavy atom. The van der Waals surface area contributed by atoms with Gasteiger partial charge < -0.3 is 5.32 Å². The lowest BCUT2D eigenvalue weighted by atomic mass is 9.76. The molecule has 0 amide bonds. The molecule has 1 heteroatoms. The molecule has 76 valence electrons. The maximum Gasteiger partial charge on any atom is 0.00693 e. The number of hydrogen-bond acceptors (Lipinski definition) is 1. The zero-order chi connectivity index (χ0) is 9.10. The second kappa shape index (κ2) is 4.45. The number of fused-ring (bicyclic) bond motifs is 6. The molecule has 3 aliphatic carbocycles. The number of nitrogens with one attached hydrogen (secondary N) is 1. The molecule has 0 spiro atoms. The van der Waals surface area contributed by atoms with Crippen LogP contribution in [0.2, 0.25) is 0 Å². The summed E-state index contributed by atoms with van der Waals surface area (Å²) in [6, 6.07) is 0.829. The fourth-order valence-electron chi connectivity index (χ4n) is 3.29. The normalized spacial score (nSPS) is 40.8. The second-order valence-corrected chi connectivity index (χ2v) is 5.05. The van der Waals surface area contributed by atoms with Crippen molar-refractivity contribution in [1.82, 2.24) is 5.32 Å². The summed E-state index contributed by atoms with van der Waals surface area (Å²) < 4.78 is 0. The molecule has 0 unspecified atom stereocenters. The molecule has 1 nitrogen and oxygen atoms in total. The Morgan fingerprint density at radius 3 is 1.69 bits per heavy atom. The maximum absolute atomic E-state index is 3.50. The SMILES string of the molecule is CNC1CC2CCCC(CCC2)C1. The Morgan fingerprint density at radius 1 is 0.846 bits per heavy atom. The van der Waals surface area contributed by atoms with Crippen molar-refractivity contribution in [1.29, 1.82) is 0 Å². The van der Waals surface area contributed by atoms with Crippen molar-refractivity contribution in [3.63, 3.8) is 0 Å². The van der Waals surface area contributed by atoms with Crippen LogP contribution >= 0.6 is 0 Å². The molecule has 13 heavy (non-hydrogen) atoms. The van der Waals surface area contributed by atoms with Gasteiger partial charge in [-0.25, -0.2) is 0 Å². The number of hydrogen-bond donors (Lipinski definition) is 1.